The van der Waals surface area contributed by atoms with Gasteiger partial charge in [0.1, 0.15) is 128 Å². The van der Waals surface area contributed by atoms with Gasteiger partial charge in [0.15, 0.2) is 44.0 Å². The minimum atomic E-state index is -1.90. The first-order valence-electron chi connectivity index (χ1n) is 24.3. The number of rotatable bonds is 7. The van der Waals surface area contributed by atoms with Crippen molar-refractivity contribution in [3.63, 3.8) is 0 Å². The van der Waals surface area contributed by atoms with Crippen molar-refractivity contribution in [2.75, 3.05) is 31.0 Å². The number of aliphatic hydroxyl groups is 14. The molecule has 0 aromatic rings. The van der Waals surface area contributed by atoms with Gasteiger partial charge in [0.2, 0.25) is 0 Å². The van der Waals surface area contributed by atoms with Crippen LogP contribution in [0, 0.1) is 0 Å². The highest BCUT2D eigenvalue weighted by molar-refractivity contribution is 14.1. The first kappa shape index (κ1) is 66.9. The van der Waals surface area contributed by atoms with Crippen LogP contribution in [0.1, 0.15) is 0 Å². The van der Waals surface area contributed by atoms with E-state index in [4.69, 9.17) is 66.3 Å². The van der Waals surface area contributed by atoms with Gasteiger partial charge in [-0.3, -0.25) is 0 Å². The van der Waals surface area contributed by atoms with Crippen molar-refractivity contribution in [2.45, 2.75) is 215 Å². The second-order valence-electron chi connectivity index (χ2n) is 19.5. The maximum atomic E-state index is 11.6. The predicted molar refractivity (Wildman–Crippen MR) is 311 cm³/mol. The smallest absolute Gasteiger partial charge is 0.187 e. The minimum absolute atomic E-state index is 0.0801. The van der Waals surface area contributed by atoms with Crippen molar-refractivity contribution in [1.82, 2.24) is 0 Å². The molecule has 0 aliphatic carbocycles. The Hall–Kier alpha value is 3.99. The summed E-state index contributed by atoms with van der Waals surface area (Å²) in [5.41, 5.74) is 0. The lowest BCUT2D eigenvalue weighted by molar-refractivity contribution is -0.388. The van der Waals surface area contributed by atoms with Gasteiger partial charge in [0.25, 0.3) is 0 Å². The molecule has 35 atom stereocenters. The zero-order valence-electron chi connectivity index (χ0n) is 39.8. The Kier molecular flexibility index (Phi) is 25.7. The highest BCUT2D eigenvalue weighted by Gasteiger charge is 2.59. The molecule has 0 amide bonds. The van der Waals surface area contributed by atoms with Crippen LogP contribution in [0.25, 0.3) is 0 Å². The number of alkyl halides is 7. The van der Waals surface area contributed by atoms with E-state index in [0.717, 1.165) is 0 Å². The molecule has 15 fully saturated rings. The van der Waals surface area contributed by atoms with Gasteiger partial charge in [-0.25, -0.2) is 0 Å². The molecule has 77 heavy (non-hydrogen) atoms. The highest BCUT2D eigenvalue weighted by atomic mass is 127. The molecule has 35 heteroatoms. The molecule has 15 saturated heterocycles. The van der Waals surface area contributed by atoms with Crippen LogP contribution in [-0.4, -0.2) is 317 Å². The molecular formula is C42H63I7O28. The van der Waals surface area contributed by atoms with Crippen molar-refractivity contribution in [1.29, 1.82) is 0 Å². The normalized spacial score (nSPS) is 55.4. The molecule has 15 aliphatic rings. The number of aliphatic hydroxyl groups excluding tert-OH is 14. The maximum absolute atomic E-state index is 11.6. The summed E-state index contributed by atoms with van der Waals surface area (Å²) in [5, 5.41) is 161. The van der Waals surface area contributed by atoms with E-state index in [1.165, 1.54) is 0 Å². The van der Waals surface area contributed by atoms with E-state index >= 15 is 0 Å². The minimum Gasteiger partial charge on any atom is -0.387 e. The van der Waals surface area contributed by atoms with Crippen LogP contribution < -0.4 is 0 Å². The van der Waals surface area contributed by atoms with E-state index in [2.05, 4.69) is 0 Å². The molecule has 14 bridgehead atoms. The first-order valence-corrected chi connectivity index (χ1v) is 35.0. The summed E-state index contributed by atoms with van der Waals surface area (Å²) in [6.45, 7) is 0. The molecule has 0 aromatic carbocycles. The summed E-state index contributed by atoms with van der Waals surface area (Å²) < 4.78 is 85.7. The summed E-state index contributed by atoms with van der Waals surface area (Å²) in [6.07, 6.45) is -55.6. The summed E-state index contributed by atoms with van der Waals surface area (Å²) >= 11 is 13.5. The second kappa shape index (κ2) is 29.5. The van der Waals surface area contributed by atoms with Crippen molar-refractivity contribution in [3.05, 3.63) is 0 Å². The average Bonchev–Trinajstić information content (AvgIpc) is 3.42. The number of fused-ring (bicyclic) bond motifs is 7. The molecule has 28 nitrogen and oxygen atoms in total. The van der Waals surface area contributed by atoms with Gasteiger partial charge < -0.3 is 138 Å². The van der Waals surface area contributed by atoms with E-state index < -0.39 is 215 Å². The summed E-state index contributed by atoms with van der Waals surface area (Å²) in [6, 6.07) is 0. The van der Waals surface area contributed by atoms with Gasteiger partial charge in [-0.2, -0.15) is 0 Å². The molecule has 448 valence electrons. The Labute approximate surface area is 535 Å². The van der Waals surface area contributed by atoms with Gasteiger partial charge >= 0.3 is 0 Å². The van der Waals surface area contributed by atoms with Crippen LogP contribution in [-0.2, 0) is 66.3 Å². The van der Waals surface area contributed by atoms with Gasteiger partial charge in [-0.05, 0) is 0 Å². The molecule has 0 radical (unpaired) electrons. The molecule has 15 rings (SSSR count). The Morgan fingerprint density at radius 3 is 0.364 bits per heavy atom. The third-order valence-electron chi connectivity index (χ3n) is 14.6. The van der Waals surface area contributed by atoms with Crippen molar-refractivity contribution in [3.8, 4) is 0 Å². The van der Waals surface area contributed by atoms with Crippen LogP contribution in [0.2, 0.25) is 0 Å². The quantitative estimate of drug-likeness (QED) is 0.0837. The molecule has 0 unspecified atom stereocenters. The zero-order chi connectivity index (χ0) is 56.1. The zero-order valence-corrected chi connectivity index (χ0v) is 54.9. The Bertz CT molecular complexity index is 1490. The Balaban J connectivity index is 1.08. The van der Waals surface area contributed by atoms with Gasteiger partial charge in [-0.15, -0.1) is 0 Å². The third kappa shape index (κ3) is 14.1. The van der Waals surface area contributed by atoms with E-state index in [9.17, 15) is 71.5 Å². The lowest BCUT2D eigenvalue weighted by Crippen LogP contribution is -2.68. The molecule has 0 saturated carbocycles. The summed E-state index contributed by atoms with van der Waals surface area (Å²) in [5.74, 6) is 0. The van der Waals surface area contributed by atoms with Crippen LogP contribution in [0.15, 0.2) is 0 Å². The second-order valence-corrected chi connectivity index (χ2v) is 25.6. The fraction of sp³-hybridized carbons (Fsp3) is 1.00. The number of halogens is 7. The molecule has 15 aliphatic heterocycles. The van der Waals surface area contributed by atoms with E-state index in [1.807, 2.05) is 158 Å². The standard InChI is InChI=1S/C42H63I7O28/c43-1-8-29-15(50)22(57)36(64-8)72-30-9(2-44)66-38(24(59)17(30)52)74-32-11(4-46)68-40(26(61)19(32)54)76-34-13(6-48)70-42(28(63)21(34)56)77-35-14(7-49)69-41(27(62)20(35)55)75-33-12(5-47)67-39(25(60)18(33)53)73-31-10(3-45)65-37(71-29)23(58)16(31)51/h8-42,50-63H,1-7H2/t8-,9-,10-,11-,12+,13+,14+,15+,16+,17+,18-,19-,20-,21-,22+,23+,24+,25-,26-,27-,28-,29-,30-,31-,32-,33-,34-,35-,36-,37-,38-,39-,40-,41-,42-/m1/s1. The van der Waals surface area contributed by atoms with Gasteiger partial charge in [0.05, 0.1) is 42.7 Å². The average molecular weight is 1900 g/mol. The van der Waals surface area contributed by atoms with Crippen LogP contribution in [0.3, 0.4) is 0 Å². The fourth-order valence-corrected chi connectivity index (χ4v) is 15.2. The third-order valence-corrected chi connectivity index (χ3v) is 20.7. The lowest BCUT2D eigenvalue weighted by atomic mass is 9.96. The molecule has 15 heterocycles. The Morgan fingerprint density at radius 1 is 0.169 bits per heavy atom. The fourth-order valence-electron chi connectivity index (χ4n) is 10.3. The molecule has 0 spiro atoms. The van der Waals surface area contributed by atoms with Crippen molar-refractivity contribution in [2.24, 2.45) is 0 Å². The predicted octanol–water partition coefficient (Wildman–Crippen LogP) is -5.13. The van der Waals surface area contributed by atoms with Crippen LogP contribution in [0.5, 0.6) is 0 Å². The summed E-state index contributed by atoms with van der Waals surface area (Å²) in [7, 11) is 0. The van der Waals surface area contributed by atoms with Crippen molar-refractivity contribution < 1.29 is 138 Å². The van der Waals surface area contributed by atoms with E-state index in [1.54, 1.807) is 0 Å². The van der Waals surface area contributed by atoms with Gasteiger partial charge in [0, 0.05) is 31.0 Å². The number of ether oxygens (including phenoxy) is 14. The van der Waals surface area contributed by atoms with Crippen LogP contribution >= 0.6 is 158 Å². The molecular weight excluding hydrogens is 1840 g/mol. The van der Waals surface area contributed by atoms with E-state index in [0.29, 0.717) is 0 Å². The largest absolute Gasteiger partial charge is 0.387 e. The van der Waals surface area contributed by atoms with Crippen molar-refractivity contribution >= 4 is 158 Å². The Morgan fingerprint density at radius 2 is 0.273 bits per heavy atom. The van der Waals surface area contributed by atoms with Gasteiger partial charge in [-0.1, -0.05) is 158 Å². The SMILES string of the molecule is O[C@@H]1[C@H]2O[C@H]3[C@H](O)[C@@H](O)[C@@H](O[C@H]4[C@H](O)[C@@H](O)[C@@H](O[C@H]5[C@H](O)[C@@H](O)[C@@H](O[C@H]6[C@H](O)[C@@H](O)[C@@H](O[C@H]7[C@@H](O)[C@H](O)[C@@H](O[C@H]8[C@@H](O)[C@H](O)[C@@H](O[C@@H]([C@H]1O)[C@@H](CI)O2)O[C@@H]8CI)O[C@@H]7CI)O[C@H]6CI)O[C@H]5CI)O[C@H]4CI)O[C@@H]3CI. The van der Waals surface area contributed by atoms with E-state index in [-0.39, 0.29) is 31.0 Å². The maximum Gasteiger partial charge on any atom is 0.187 e. The highest BCUT2D eigenvalue weighted by Crippen LogP contribution is 2.40. The number of hydrogen-bond donors (Lipinski definition) is 14. The molecule has 14 N–H and O–H groups in total. The monoisotopic (exact) mass is 1900 g/mol. The summed E-state index contributed by atoms with van der Waals surface area (Å²) in [4.78, 5) is 0. The lowest BCUT2D eigenvalue weighted by Gasteiger charge is -2.50. The topological polar surface area (TPSA) is 412 Å². The molecule has 0 aromatic heterocycles. The van der Waals surface area contributed by atoms with Crippen LogP contribution in [0.4, 0.5) is 0 Å². The first-order chi connectivity index (χ1) is 36.7. The number of hydrogen-bond acceptors (Lipinski definition) is 28.